The van der Waals surface area contributed by atoms with Crippen LogP contribution in [0, 0.1) is 0 Å². The molecule has 0 unspecified atom stereocenters. The Kier molecular flexibility index (Phi) is 5.68. The summed E-state index contributed by atoms with van der Waals surface area (Å²) in [5.74, 6) is 0.149. The molecule has 164 valence electrons. The molecule has 0 aliphatic carbocycles. The second-order valence-corrected chi connectivity index (χ2v) is 7.43. The molecule has 2 aromatic carbocycles. The Morgan fingerprint density at radius 3 is 2.38 bits per heavy atom. The summed E-state index contributed by atoms with van der Waals surface area (Å²) in [5.41, 5.74) is 1.22. The third-order valence-electron chi connectivity index (χ3n) is 5.35. The smallest absolute Gasteiger partial charge is 0.332 e. The van der Waals surface area contributed by atoms with Crippen LogP contribution in [-0.4, -0.2) is 26.2 Å². The van der Waals surface area contributed by atoms with Crippen molar-refractivity contribution in [2.45, 2.75) is 13.5 Å². The number of hydrogen-bond donors (Lipinski definition) is 1. The van der Waals surface area contributed by atoms with E-state index in [1.165, 1.54) is 11.6 Å². The molecular weight excluding hydrogens is 408 g/mol. The molecule has 1 amide bonds. The molecule has 0 aliphatic heterocycles. The molecule has 0 atom stereocenters. The normalized spacial score (nSPS) is 11.0. The van der Waals surface area contributed by atoms with Crippen molar-refractivity contribution in [1.29, 1.82) is 0 Å². The minimum absolute atomic E-state index is 0.272. The van der Waals surface area contributed by atoms with Gasteiger partial charge in [-0.15, -0.1) is 0 Å². The Labute approximate surface area is 184 Å². The highest BCUT2D eigenvalue weighted by atomic mass is 16.5. The van der Waals surface area contributed by atoms with Crippen molar-refractivity contribution in [3.63, 3.8) is 0 Å². The van der Waals surface area contributed by atoms with Crippen LogP contribution < -0.4 is 21.3 Å². The van der Waals surface area contributed by atoms with Gasteiger partial charge >= 0.3 is 5.69 Å². The molecule has 0 fully saturated rings. The SMILES string of the molecule is CCOc1ccccc1NC(=O)c1cc2c(=O)n(C)c(=O)n(C)c2n1Cc1ccccc1. The second kappa shape index (κ2) is 8.58. The molecule has 2 heterocycles. The monoisotopic (exact) mass is 432 g/mol. The van der Waals surface area contributed by atoms with E-state index >= 15 is 0 Å². The van der Waals surface area contributed by atoms with Gasteiger partial charge in [0.1, 0.15) is 17.1 Å². The number of benzene rings is 2. The number of carbonyl (C=O) groups excluding carboxylic acids is 1. The number of nitrogens with zero attached hydrogens (tertiary/aromatic N) is 3. The quantitative estimate of drug-likeness (QED) is 0.508. The van der Waals surface area contributed by atoms with Crippen molar-refractivity contribution < 1.29 is 9.53 Å². The first-order valence-electron chi connectivity index (χ1n) is 10.3. The molecule has 0 aliphatic rings. The van der Waals surface area contributed by atoms with Crippen molar-refractivity contribution in [2.24, 2.45) is 14.1 Å². The zero-order valence-corrected chi connectivity index (χ0v) is 18.2. The van der Waals surface area contributed by atoms with E-state index in [2.05, 4.69) is 5.32 Å². The fourth-order valence-electron chi connectivity index (χ4n) is 3.79. The van der Waals surface area contributed by atoms with Crippen LogP contribution in [0.3, 0.4) is 0 Å². The van der Waals surface area contributed by atoms with E-state index in [1.54, 1.807) is 35.9 Å². The number of carbonyl (C=O) groups is 1. The van der Waals surface area contributed by atoms with Gasteiger partial charge in [0.05, 0.1) is 17.7 Å². The molecule has 0 spiro atoms. The number of aryl methyl sites for hydroxylation is 1. The van der Waals surface area contributed by atoms with Gasteiger partial charge in [0.15, 0.2) is 0 Å². The first kappa shape index (κ1) is 21.2. The standard InChI is InChI=1S/C24H24N4O4/c1-4-32-20-13-9-8-12-18(20)25-21(29)19-14-17-22(26(2)24(31)27(3)23(17)30)28(19)15-16-10-6-5-7-11-16/h5-14H,4,15H2,1-3H3,(H,25,29). The predicted octanol–water partition coefficient (Wildman–Crippen LogP) is 2.74. The van der Waals surface area contributed by atoms with Crippen LogP contribution in [0.5, 0.6) is 5.75 Å². The number of aromatic nitrogens is 3. The summed E-state index contributed by atoms with van der Waals surface area (Å²) in [4.78, 5) is 38.8. The van der Waals surface area contributed by atoms with Gasteiger partial charge in [0.25, 0.3) is 11.5 Å². The van der Waals surface area contributed by atoms with E-state index in [4.69, 9.17) is 4.74 Å². The number of fused-ring (bicyclic) bond motifs is 1. The van der Waals surface area contributed by atoms with Crippen LogP contribution in [0.15, 0.2) is 70.3 Å². The lowest BCUT2D eigenvalue weighted by molar-refractivity contribution is 0.101. The summed E-state index contributed by atoms with van der Waals surface area (Å²) < 4.78 is 9.74. The molecule has 8 nitrogen and oxygen atoms in total. The number of ether oxygens (including phenoxy) is 1. The lowest BCUT2D eigenvalue weighted by atomic mass is 10.2. The first-order chi connectivity index (χ1) is 15.4. The second-order valence-electron chi connectivity index (χ2n) is 7.43. The summed E-state index contributed by atoms with van der Waals surface area (Å²) in [5, 5.41) is 3.19. The summed E-state index contributed by atoms with van der Waals surface area (Å²) in [6.07, 6.45) is 0. The van der Waals surface area contributed by atoms with E-state index in [-0.39, 0.29) is 5.69 Å². The van der Waals surface area contributed by atoms with Crippen LogP contribution in [0.25, 0.3) is 11.0 Å². The van der Waals surface area contributed by atoms with E-state index in [9.17, 15) is 14.4 Å². The Morgan fingerprint density at radius 1 is 0.969 bits per heavy atom. The third-order valence-corrected chi connectivity index (χ3v) is 5.35. The average molecular weight is 432 g/mol. The van der Waals surface area contributed by atoms with Crippen LogP contribution in [0.2, 0.25) is 0 Å². The summed E-state index contributed by atoms with van der Waals surface area (Å²) in [6.45, 7) is 2.65. The molecule has 0 radical (unpaired) electrons. The highest BCUT2D eigenvalue weighted by Gasteiger charge is 2.22. The number of rotatable bonds is 6. The maximum atomic E-state index is 13.4. The van der Waals surface area contributed by atoms with Crippen molar-refractivity contribution in [3.05, 3.63) is 92.8 Å². The number of nitrogens with one attached hydrogen (secondary N) is 1. The number of amides is 1. The van der Waals surface area contributed by atoms with Crippen LogP contribution in [0.4, 0.5) is 5.69 Å². The van der Waals surface area contributed by atoms with Crippen LogP contribution in [-0.2, 0) is 20.6 Å². The van der Waals surface area contributed by atoms with E-state index in [0.717, 1.165) is 10.1 Å². The Hall–Kier alpha value is -4.07. The van der Waals surface area contributed by atoms with E-state index in [0.29, 0.717) is 35.6 Å². The topological polar surface area (TPSA) is 87.3 Å². The summed E-state index contributed by atoms with van der Waals surface area (Å²) in [7, 11) is 3.02. The zero-order valence-electron chi connectivity index (χ0n) is 18.2. The molecule has 1 N–H and O–H groups in total. The first-order valence-corrected chi connectivity index (χ1v) is 10.3. The molecule has 2 aromatic heterocycles. The van der Waals surface area contributed by atoms with Gasteiger partial charge < -0.3 is 14.6 Å². The molecule has 8 heteroatoms. The summed E-state index contributed by atoms with van der Waals surface area (Å²) >= 11 is 0. The lowest BCUT2D eigenvalue weighted by Gasteiger charge is -2.14. The molecule has 0 saturated carbocycles. The Morgan fingerprint density at radius 2 is 1.66 bits per heavy atom. The highest BCUT2D eigenvalue weighted by Crippen LogP contribution is 2.25. The molecule has 4 rings (SSSR count). The fraction of sp³-hybridized carbons (Fsp3) is 0.208. The maximum Gasteiger partial charge on any atom is 0.332 e. The largest absolute Gasteiger partial charge is 0.492 e. The van der Waals surface area contributed by atoms with Gasteiger partial charge in [-0.3, -0.25) is 18.7 Å². The predicted molar refractivity (Wildman–Crippen MR) is 124 cm³/mol. The molecular formula is C24H24N4O4. The van der Waals surface area contributed by atoms with E-state index in [1.807, 2.05) is 43.3 Å². The van der Waals surface area contributed by atoms with Crippen molar-refractivity contribution >= 4 is 22.6 Å². The molecule has 0 bridgehead atoms. The zero-order chi connectivity index (χ0) is 22.8. The van der Waals surface area contributed by atoms with Crippen LogP contribution >= 0.6 is 0 Å². The van der Waals surface area contributed by atoms with Gasteiger partial charge in [0, 0.05) is 20.6 Å². The fourth-order valence-corrected chi connectivity index (χ4v) is 3.79. The molecule has 0 saturated heterocycles. The van der Waals surface area contributed by atoms with E-state index < -0.39 is 17.2 Å². The minimum Gasteiger partial charge on any atom is -0.492 e. The average Bonchev–Trinajstić information content (AvgIpc) is 3.18. The van der Waals surface area contributed by atoms with Gasteiger partial charge in [-0.1, -0.05) is 42.5 Å². The maximum absolute atomic E-state index is 13.4. The number of para-hydroxylation sites is 2. The van der Waals surface area contributed by atoms with Crippen molar-refractivity contribution in [1.82, 2.24) is 13.7 Å². The third kappa shape index (κ3) is 3.71. The van der Waals surface area contributed by atoms with Gasteiger partial charge in [0.2, 0.25) is 0 Å². The van der Waals surface area contributed by atoms with Gasteiger partial charge in [-0.25, -0.2) is 4.79 Å². The number of anilines is 1. The van der Waals surface area contributed by atoms with Gasteiger partial charge in [-0.2, -0.15) is 0 Å². The van der Waals surface area contributed by atoms with Crippen molar-refractivity contribution in [2.75, 3.05) is 11.9 Å². The summed E-state index contributed by atoms with van der Waals surface area (Å²) in [6, 6.07) is 18.3. The lowest BCUT2D eigenvalue weighted by Crippen LogP contribution is -2.37. The van der Waals surface area contributed by atoms with Crippen LogP contribution in [0.1, 0.15) is 23.0 Å². The minimum atomic E-state index is -0.455. The van der Waals surface area contributed by atoms with Gasteiger partial charge in [-0.05, 0) is 30.7 Å². The Bertz CT molecular complexity index is 1410. The highest BCUT2D eigenvalue weighted by molar-refractivity contribution is 6.06. The Balaban J connectivity index is 1.88. The van der Waals surface area contributed by atoms with Crippen molar-refractivity contribution in [3.8, 4) is 5.75 Å². The molecule has 32 heavy (non-hydrogen) atoms. The number of hydrogen-bond acceptors (Lipinski definition) is 4. The molecule has 4 aromatic rings.